The maximum atomic E-state index is 2.50. The van der Waals surface area contributed by atoms with Gasteiger partial charge in [-0.05, 0) is 178 Å². The first-order valence-corrected chi connectivity index (χ1v) is 22.6. The van der Waals surface area contributed by atoms with Crippen LogP contribution in [0.4, 0.5) is 34.1 Å². The molecule has 2 nitrogen and oxygen atoms in total. The minimum atomic E-state index is -0.232. The van der Waals surface area contributed by atoms with Gasteiger partial charge in [-0.25, -0.2) is 0 Å². The molecular formula is C60H64N2. The van der Waals surface area contributed by atoms with Gasteiger partial charge in [0.2, 0.25) is 0 Å². The number of nitrogens with zero attached hydrogens (tertiary/aromatic N) is 2. The van der Waals surface area contributed by atoms with Crippen LogP contribution in [0.3, 0.4) is 0 Å². The molecule has 0 spiro atoms. The van der Waals surface area contributed by atoms with E-state index in [1.54, 1.807) is 0 Å². The molecule has 2 heteroatoms. The first kappa shape index (κ1) is 41.5. The summed E-state index contributed by atoms with van der Waals surface area (Å²) in [5, 5.41) is 0. The average molecular weight is 813 g/mol. The lowest BCUT2D eigenvalue weighted by Crippen LogP contribution is -2.24. The standard InChI is InChI=1S/C60H64N2/c1-37-15-23-43(24-16-37)61(45-27-19-41(20-28-45)57(5,6)7)47-33-39(3)53-49-31-32-50-54-40(4)34-48(36-52(54)60(13,14)56(50)55(49)59(11,12)51(53)35-47)62(44-25-17-38(2)18-26-44)46-29-21-42(22-30-46)58(8,9)10/h15-36H,1-14H3. The van der Waals surface area contributed by atoms with Gasteiger partial charge in [0.25, 0.3) is 0 Å². The summed E-state index contributed by atoms with van der Waals surface area (Å²) in [7, 11) is 0. The lowest BCUT2D eigenvalue weighted by atomic mass is 9.72. The maximum Gasteiger partial charge on any atom is 0.0467 e. The summed E-state index contributed by atoms with van der Waals surface area (Å²) in [5.74, 6) is 0. The Labute approximate surface area is 372 Å². The van der Waals surface area contributed by atoms with Crippen molar-refractivity contribution in [1.29, 1.82) is 0 Å². The molecule has 2 aliphatic rings. The minimum absolute atomic E-state index is 0.0832. The fourth-order valence-electron chi connectivity index (χ4n) is 10.6. The van der Waals surface area contributed by atoms with E-state index in [-0.39, 0.29) is 21.7 Å². The van der Waals surface area contributed by atoms with E-state index in [1.165, 1.54) is 112 Å². The van der Waals surface area contributed by atoms with Crippen molar-refractivity contribution in [1.82, 2.24) is 0 Å². The predicted octanol–water partition coefficient (Wildman–Crippen LogP) is 17.1. The molecule has 9 rings (SSSR count). The highest BCUT2D eigenvalue weighted by Gasteiger charge is 2.47. The van der Waals surface area contributed by atoms with Gasteiger partial charge in [0.15, 0.2) is 0 Å². The highest BCUT2D eigenvalue weighted by molar-refractivity contribution is 5.95. The number of benzene rings is 7. The molecule has 0 fully saturated rings. The van der Waals surface area contributed by atoms with E-state index >= 15 is 0 Å². The Morgan fingerprint density at radius 1 is 0.355 bits per heavy atom. The molecule has 0 aliphatic heterocycles. The van der Waals surface area contributed by atoms with E-state index in [1.807, 2.05) is 0 Å². The number of fused-ring (bicyclic) bond motifs is 7. The molecule has 62 heavy (non-hydrogen) atoms. The lowest BCUT2D eigenvalue weighted by Gasteiger charge is -2.32. The smallest absolute Gasteiger partial charge is 0.0467 e. The van der Waals surface area contributed by atoms with Crippen LogP contribution in [0.15, 0.2) is 133 Å². The van der Waals surface area contributed by atoms with E-state index in [4.69, 9.17) is 0 Å². The maximum absolute atomic E-state index is 2.50. The highest BCUT2D eigenvalue weighted by Crippen LogP contribution is 2.61. The molecule has 0 amide bonds. The van der Waals surface area contributed by atoms with Crippen LogP contribution in [0.25, 0.3) is 22.3 Å². The fraction of sp³-hybridized carbons (Fsp3) is 0.300. The van der Waals surface area contributed by atoms with Crippen molar-refractivity contribution in [2.24, 2.45) is 0 Å². The highest BCUT2D eigenvalue weighted by atomic mass is 15.1. The third kappa shape index (κ3) is 6.69. The van der Waals surface area contributed by atoms with Gasteiger partial charge in [-0.1, -0.05) is 141 Å². The molecule has 314 valence electrons. The van der Waals surface area contributed by atoms with Gasteiger partial charge < -0.3 is 9.80 Å². The first-order chi connectivity index (χ1) is 29.2. The van der Waals surface area contributed by atoms with Crippen LogP contribution in [-0.2, 0) is 21.7 Å². The van der Waals surface area contributed by atoms with Gasteiger partial charge in [0.05, 0.1) is 0 Å². The largest absolute Gasteiger partial charge is 0.310 e. The molecule has 0 heterocycles. The monoisotopic (exact) mass is 813 g/mol. The van der Waals surface area contributed by atoms with Gasteiger partial charge in [-0.3, -0.25) is 0 Å². The molecule has 0 saturated heterocycles. The Morgan fingerprint density at radius 3 is 0.935 bits per heavy atom. The summed E-state index contributed by atoms with van der Waals surface area (Å²) in [5.41, 5.74) is 25.8. The Bertz CT molecular complexity index is 2660. The van der Waals surface area contributed by atoms with Crippen LogP contribution in [0, 0.1) is 27.7 Å². The number of rotatable bonds is 6. The van der Waals surface area contributed by atoms with E-state index in [2.05, 4.69) is 240 Å². The Morgan fingerprint density at radius 2 is 0.645 bits per heavy atom. The van der Waals surface area contributed by atoms with Crippen molar-refractivity contribution in [3.63, 3.8) is 0 Å². The number of hydrogen-bond acceptors (Lipinski definition) is 2. The summed E-state index contributed by atoms with van der Waals surface area (Å²) in [6.45, 7) is 32.5. The molecule has 7 aromatic carbocycles. The van der Waals surface area contributed by atoms with Crippen molar-refractivity contribution in [3.8, 4) is 22.3 Å². The van der Waals surface area contributed by atoms with Crippen molar-refractivity contribution in [2.45, 2.75) is 119 Å². The summed E-state index contributed by atoms with van der Waals surface area (Å²) in [4.78, 5) is 4.90. The van der Waals surface area contributed by atoms with Crippen LogP contribution in [0.1, 0.15) is 125 Å². The second-order valence-corrected chi connectivity index (χ2v) is 21.5. The molecular weight excluding hydrogens is 749 g/mol. The topological polar surface area (TPSA) is 6.48 Å². The van der Waals surface area contributed by atoms with Crippen molar-refractivity contribution < 1.29 is 0 Å². The Kier molecular flexibility index (Phi) is 9.60. The van der Waals surface area contributed by atoms with Gasteiger partial charge in [0.1, 0.15) is 0 Å². The number of anilines is 6. The Hall–Kier alpha value is -5.86. The van der Waals surface area contributed by atoms with Crippen molar-refractivity contribution in [3.05, 3.63) is 189 Å². The molecule has 0 saturated carbocycles. The zero-order valence-corrected chi connectivity index (χ0v) is 39.6. The second kappa shape index (κ2) is 14.3. The first-order valence-electron chi connectivity index (χ1n) is 22.6. The van der Waals surface area contributed by atoms with Crippen LogP contribution < -0.4 is 9.80 Å². The molecule has 0 radical (unpaired) electrons. The molecule has 2 aliphatic carbocycles. The van der Waals surface area contributed by atoms with Gasteiger partial charge in [-0.2, -0.15) is 0 Å². The normalized spacial score (nSPS) is 14.5. The van der Waals surface area contributed by atoms with E-state index < -0.39 is 0 Å². The Balaban J connectivity index is 1.17. The second-order valence-electron chi connectivity index (χ2n) is 21.5. The van der Waals surface area contributed by atoms with Crippen LogP contribution in [0.2, 0.25) is 0 Å². The third-order valence-corrected chi connectivity index (χ3v) is 14.1. The zero-order valence-electron chi connectivity index (χ0n) is 39.6. The van der Waals surface area contributed by atoms with E-state index in [0.29, 0.717) is 0 Å². The molecule has 0 bridgehead atoms. The van der Waals surface area contributed by atoms with Gasteiger partial charge in [-0.15, -0.1) is 0 Å². The van der Waals surface area contributed by atoms with Crippen molar-refractivity contribution >= 4 is 34.1 Å². The van der Waals surface area contributed by atoms with E-state index in [0.717, 1.165) is 0 Å². The van der Waals surface area contributed by atoms with Crippen LogP contribution in [-0.4, -0.2) is 0 Å². The molecule has 7 aromatic rings. The zero-order chi connectivity index (χ0) is 44.3. The minimum Gasteiger partial charge on any atom is -0.310 e. The van der Waals surface area contributed by atoms with Gasteiger partial charge >= 0.3 is 0 Å². The summed E-state index contributed by atoms with van der Waals surface area (Å²) in [6, 6.07) is 51.1. The molecule has 0 N–H and O–H groups in total. The average Bonchev–Trinajstić information content (AvgIpc) is 3.59. The molecule has 0 unspecified atom stereocenters. The fourth-order valence-corrected chi connectivity index (χ4v) is 10.6. The van der Waals surface area contributed by atoms with Crippen molar-refractivity contribution in [2.75, 3.05) is 9.80 Å². The summed E-state index contributed by atoms with van der Waals surface area (Å²) in [6.07, 6.45) is 0. The lowest BCUT2D eigenvalue weighted by molar-refractivity contribution is 0.590. The number of aryl methyl sites for hydroxylation is 4. The number of hydrogen-bond donors (Lipinski definition) is 0. The molecule has 0 aromatic heterocycles. The van der Waals surface area contributed by atoms with E-state index in [9.17, 15) is 0 Å². The third-order valence-electron chi connectivity index (χ3n) is 14.1. The van der Waals surface area contributed by atoms with Gasteiger partial charge in [0, 0.05) is 45.0 Å². The van der Waals surface area contributed by atoms with Crippen LogP contribution in [0.5, 0.6) is 0 Å². The molecule has 0 atom stereocenters. The summed E-state index contributed by atoms with van der Waals surface area (Å²) < 4.78 is 0. The quantitative estimate of drug-likeness (QED) is 0.165. The predicted molar refractivity (Wildman–Crippen MR) is 267 cm³/mol. The van der Waals surface area contributed by atoms with Crippen LogP contribution >= 0.6 is 0 Å². The summed E-state index contributed by atoms with van der Waals surface area (Å²) >= 11 is 0. The SMILES string of the molecule is Cc1ccc(N(c2ccc(C(C)(C)C)cc2)c2cc(C)c3c(c2)C(C)(C)c2c-3ccc3c2C(C)(C)c2cc(N(c4ccc(C)cc4)c4ccc(C(C)(C)C)cc4)cc(C)c2-3)cc1.